The summed E-state index contributed by atoms with van der Waals surface area (Å²) in [4.78, 5) is 25.3. The third-order valence-corrected chi connectivity index (χ3v) is 4.02. The van der Waals surface area contributed by atoms with E-state index in [1.54, 1.807) is 0 Å². The molecule has 0 bridgehead atoms. The van der Waals surface area contributed by atoms with Gasteiger partial charge in [-0.25, -0.2) is 0 Å². The maximum Gasteiger partial charge on any atom is 0.310 e. The second-order valence-corrected chi connectivity index (χ2v) is 5.11. The van der Waals surface area contributed by atoms with E-state index in [2.05, 4.69) is 4.90 Å². The number of esters is 2. The number of methoxy groups -OCH3 is 2. The number of nitrogens with zero attached hydrogens (tertiary/aromatic N) is 1. The molecule has 1 aliphatic rings. The van der Waals surface area contributed by atoms with Crippen LogP contribution in [0.1, 0.15) is 20.8 Å². The van der Waals surface area contributed by atoms with Gasteiger partial charge in [0.1, 0.15) is 0 Å². The number of ether oxygens (including phenoxy) is 2. The molecule has 0 aromatic carbocycles. The van der Waals surface area contributed by atoms with Crippen molar-refractivity contribution in [3.63, 3.8) is 0 Å². The molecule has 0 aromatic heterocycles. The molecular weight excluding hydrogens is 234 g/mol. The van der Waals surface area contributed by atoms with E-state index in [4.69, 9.17) is 9.47 Å². The number of rotatable bonds is 4. The number of carbonyl (C=O) groups excluding carboxylic acids is 2. The average Bonchev–Trinajstić information content (AvgIpc) is 2.77. The Kier molecular flexibility index (Phi) is 5.14. The molecule has 1 heterocycles. The van der Waals surface area contributed by atoms with Crippen LogP contribution in [0.4, 0.5) is 0 Å². The van der Waals surface area contributed by atoms with Crippen LogP contribution < -0.4 is 0 Å². The first kappa shape index (κ1) is 15.0. The number of carbonyl (C=O) groups is 2. The number of hydrogen-bond acceptors (Lipinski definition) is 5. The SMILES string of the molecule is COC(=O)C(C)C(C)N1CC(C)C(C(=O)OC)C1. The molecule has 0 radical (unpaired) electrons. The van der Waals surface area contributed by atoms with Gasteiger partial charge in [-0.3, -0.25) is 14.5 Å². The fourth-order valence-electron chi connectivity index (χ4n) is 2.49. The van der Waals surface area contributed by atoms with Gasteiger partial charge in [0, 0.05) is 19.1 Å². The Hall–Kier alpha value is -1.10. The Labute approximate surface area is 108 Å². The van der Waals surface area contributed by atoms with E-state index < -0.39 is 0 Å². The summed E-state index contributed by atoms with van der Waals surface area (Å²) in [6.45, 7) is 7.34. The van der Waals surface area contributed by atoms with Gasteiger partial charge < -0.3 is 9.47 Å². The van der Waals surface area contributed by atoms with Crippen LogP contribution in [0, 0.1) is 17.8 Å². The topological polar surface area (TPSA) is 55.8 Å². The summed E-state index contributed by atoms with van der Waals surface area (Å²) in [5.41, 5.74) is 0. The minimum absolute atomic E-state index is 0.0644. The molecule has 0 aromatic rings. The highest BCUT2D eigenvalue weighted by molar-refractivity contribution is 5.74. The zero-order valence-corrected chi connectivity index (χ0v) is 11.8. The van der Waals surface area contributed by atoms with Gasteiger partial charge in [0.25, 0.3) is 0 Å². The summed E-state index contributed by atoms with van der Waals surface area (Å²) in [7, 11) is 2.81. The van der Waals surface area contributed by atoms with Crippen LogP contribution in [-0.4, -0.2) is 50.2 Å². The summed E-state index contributed by atoms with van der Waals surface area (Å²) in [5, 5.41) is 0. The van der Waals surface area contributed by atoms with Gasteiger partial charge in [-0.05, 0) is 12.8 Å². The van der Waals surface area contributed by atoms with Gasteiger partial charge in [-0.15, -0.1) is 0 Å². The van der Waals surface area contributed by atoms with E-state index >= 15 is 0 Å². The molecule has 104 valence electrons. The van der Waals surface area contributed by atoms with Crippen molar-refractivity contribution in [1.29, 1.82) is 0 Å². The number of hydrogen-bond donors (Lipinski definition) is 0. The van der Waals surface area contributed by atoms with Crippen LogP contribution in [0.3, 0.4) is 0 Å². The summed E-state index contributed by atoms with van der Waals surface area (Å²) in [6.07, 6.45) is 0. The van der Waals surface area contributed by atoms with E-state index in [1.807, 2.05) is 20.8 Å². The minimum atomic E-state index is -0.211. The van der Waals surface area contributed by atoms with Crippen LogP contribution >= 0.6 is 0 Å². The van der Waals surface area contributed by atoms with Crippen LogP contribution in [0.5, 0.6) is 0 Å². The predicted octanol–water partition coefficient (Wildman–Crippen LogP) is 0.925. The lowest BCUT2D eigenvalue weighted by Crippen LogP contribution is -2.40. The van der Waals surface area contributed by atoms with Crippen LogP contribution in [0.25, 0.3) is 0 Å². The largest absolute Gasteiger partial charge is 0.469 e. The average molecular weight is 257 g/mol. The molecule has 0 N–H and O–H groups in total. The molecule has 4 unspecified atom stereocenters. The van der Waals surface area contributed by atoms with Crippen molar-refractivity contribution in [3.05, 3.63) is 0 Å². The third kappa shape index (κ3) is 3.02. The van der Waals surface area contributed by atoms with Crippen molar-refractivity contribution in [2.45, 2.75) is 26.8 Å². The standard InChI is InChI=1S/C13H23NO4/c1-8-6-14(7-11(8)13(16)18-5)10(3)9(2)12(15)17-4/h8-11H,6-7H2,1-5H3. The number of likely N-dealkylation sites (tertiary alicyclic amines) is 1. The van der Waals surface area contributed by atoms with Crippen molar-refractivity contribution >= 4 is 11.9 Å². The van der Waals surface area contributed by atoms with Gasteiger partial charge in [0.05, 0.1) is 26.1 Å². The highest BCUT2D eigenvalue weighted by Crippen LogP contribution is 2.28. The highest BCUT2D eigenvalue weighted by atomic mass is 16.5. The zero-order valence-electron chi connectivity index (χ0n) is 11.8. The normalized spacial score (nSPS) is 27.6. The maximum absolute atomic E-state index is 11.6. The first-order chi connectivity index (χ1) is 8.42. The lowest BCUT2D eigenvalue weighted by atomic mass is 9.99. The molecule has 18 heavy (non-hydrogen) atoms. The third-order valence-electron chi connectivity index (χ3n) is 4.02. The highest BCUT2D eigenvalue weighted by Gasteiger charge is 2.39. The van der Waals surface area contributed by atoms with Crippen LogP contribution in [0.15, 0.2) is 0 Å². The van der Waals surface area contributed by atoms with Gasteiger partial charge in [-0.1, -0.05) is 13.8 Å². The predicted molar refractivity (Wildman–Crippen MR) is 66.9 cm³/mol. The van der Waals surface area contributed by atoms with Gasteiger partial charge >= 0.3 is 11.9 Å². The van der Waals surface area contributed by atoms with Crippen molar-refractivity contribution in [2.24, 2.45) is 17.8 Å². The Morgan fingerprint density at radius 2 is 1.78 bits per heavy atom. The summed E-state index contributed by atoms with van der Waals surface area (Å²) in [6, 6.07) is 0.0644. The minimum Gasteiger partial charge on any atom is -0.469 e. The molecule has 1 fully saturated rings. The van der Waals surface area contributed by atoms with E-state index in [-0.39, 0.29) is 35.7 Å². The smallest absolute Gasteiger partial charge is 0.310 e. The molecule has 4 atom stereocenters. The molecule has 0 aliphatic carbocycles. The van der Waals surface area contributed by atoms with Gasteiger partial charge in [0.15, 0.2) is 0 Å². The fourth-order valence-corrected chi connectivity index (χ4v) is 2.49. The molecule has 0 amide bonds. The Morgan fingerprint density at radius 3 is 2.28 bits per heavy atom. The van der Waals surface area contributed by atoms with Gasteiger partial charge in [-0.2, -0.15) is 0 Å². The first-order valence-corrected chi connectivity index (χ1v) is 6.32. The lowest BCUT2D eigenvalue weighted by molar-refractivity contribution is -0.146. The summed E-state index contributed by atoms with van der Waals surface area (Å²) >= 11 is 0. The molecular formula is C13H23NO4. The molecule has 0 spiro atoms. The molecule has 5 nitrogen and oxygen atoms in total. The Balaban J connectivity index is 2.65. The van der Waals surface area contributed by atoms with E-state index in [0.29, 0.717) is 6.54 Å². The van der Waals surface area contributed by atoms with E-state index in [9.17, 15) is 9.59 Å². The second-order valence-electron chi connectivity index (χ2n) is 5.11. The first-order valence-electron chi connectivity index (χ1n) is 6.32. The van der Waals surface area contributed by atoms with E-state index in [0.717, 1.165) is 6.54 Å². The fraction of sp³-hybridized carbons (Fsp3) is 0.846. The summed E-state index contributed by atoms with van der Waals surface area (Å²) < 4.78 is 9.56. The zero-order chi connectivity index (χ0) is 13.9. The molecule has 5 heteroatoms. The molecule has 1 rings (SSSR count). The van der Waals surface area contributed by atoms with Crippen LogP contribution in [-0.2, 0) is 19.1 Å². The Morgan fingerprint density at radius 1 is 1.17 bits per heavy atom. The molecule has 1 aliphatic heterocycles. The lowest BCUT2D eigenvalue weighted by Gasteiger charge is -2.28. The quantitative estimate of drug-likeness (QED) is 0.701. The Bertz CT molecular complexity index is 318. The van der Waals surface area contributed by atoms with Gasteiger partial charge in [0.2, 0.25) is 0 Å². The van der Waals surface area contributed by atoms with Crippen LogP contribution in [0.2, 0.25) is 0 Å². The second kappa shape index (κ2) is 6.18. The molecule has 1 saturated heterocycles. The van der Waals surface area contributed by atoms with E-state index in [1.165, 1.54) is 14.2 Å². The maximum atomic E-state index is 11.6. The molecule has 0 saturated carbocycles. The monoisotopic (exact) mass is 257 g/mol. The van der Waals surface area contributed by atoms with Crippen molar-refractivity contribution < 1.29 is 19.1 Å². The van der Waals surface area contributed by atoms with Crippen molar-refractivity contribution in [1.82, 2.24) is 4.90 Å². The summed E-state index contributed by atoms with van der Waals surface area (Å²) in [5.74, 6) is -0.412. The van der Waals surface area contributed by atoms with Crippen molar-refractivity contribution in [2.75, 3.05) is 27.3 Å². The van der Waals surface area contributed by atoms with Crippen molar-refractivity contribution in [3.8, 4) is 0 Å².